The van der Waals surface area contributed by atoms with Crippen molar-refractivity contribution >= 4 is 28.3 Å². The smallest absolute Gasteiger partial charge is 0.249 e. The normalized spacial score (nSPS) is 10.2. The van der Waals surface area contributed by atoms with Crippen LogP contribution in [-0.4, -0.2) is 5.91 Å². The Morgan fingerprint density at radius 3 is 2.78 bits per heavy atom. The molecule has 0 spiro atoms. The Bertz CT molecular complexity index is 608. The quantitative estimate of drug-likeness (QED) is 0.855. The van der Waals surface area contributed by atoms with Crippen LogP contribution in [0.25, 0.3) is 6.08 Å². The van der Waals surface area contributed by atoms with Crippen molar-refractivity contribution in [3.8, 4) is 6.07 Å². The largest absolute Gasteiger partial charge is 0.313 e. The van der Waals surface area contributed by atoms with Crippen LogP contribution in [-0.2, 0) is 4.79 Å². The third-order valence-electron chi connectivity index (χ3n) is 2.25. The molecule has 88 valence electrons. The summed E-state index contributed by atoms with van der Waals surface area (Å²) >= 11 is 1.34. The molecule has 4 heteroatoms. The topological polar surface area (TPSA) is 52.9 Å². The van der Waals surface area contributed by atoms with E-state index >= 15 is 0 Å². The minimum Gasteiger partial charge on any atom is -0.313 e. The average Bonchev–Trinajstić information content (AvgIpc) is 2.85. The molecule has 1 heterocycles. The van der Waals surface area contributed by atoms with E-state index in [4.69, 9.17) is 5.26 Å². The number of carbonyl (C=O) groups is 1. The van der Waals surface area contributed by atoms with Gasteiger partial charge in [-0.1, -0.05) is 30.3 Å². The van der Waals surface area contributed by atoms with Gasteiger partial charge in [-0.05, 0) is 23.1 Å². The molecule has 0 radical (unpaired) electrons. The highest BCUT2D eigenvalue weighted by Crippen LogP contribution is 2.21. The number of nitrogens with one attached hydrogen (secondary N) is 1. The Labute approximate surface area is 109 Å². The summed E-state index contributed by atoms with van der Waals surface area (Å²) in [6.45, 7) is 0. The summed E-state index contributed by atoms with van der Waals surface area (Å²) in [7, 11) is 0. The number of thiophene rings is 1. The van der Waals surface area contributed by atoms with Crippen molar-refractivity contribution < 1.29 is 4.79 Å². The molecule has 0 unspecified atom stereocenters. The summed E-state index contributed by atoms with van der Waals surface area (Å²) in [6, 6.07) is 13.3. The lowest BCUT2D eigenvalue weighted by molar-refractivity contribution is -0.111. The fraction of sp³-hybridized carbons (Fsp3) is 0. The number of hydrogen-bond donors (Lipinski definition) is 1. The predicted molar refractivity (Wildman–Crippen MR) is 73.1 cm³/mol. The van der Waals surface area contributed by atoms with E-state index in [0.717, 1.165) is 5.56 Å². The molecule has 1 N–H and O–H groups in total. The van der Waals surface area contributed by atoms with Gasteiger partial charge in [-0.15, -0.1) is 11.3 Å². The van der Waals surface area contributed by atoms with Gasteiger partial charge in [0.2, 0.25) is 5.91 Å². The lowest BCUT2D eigenvalue weighted by Gasteiger charge is -1.98. The second-order valence-corrected chi connectivity index (χ2v) is 4.42. The summed E-state index contributed by atoms with van der Waals surface area (Å²) in [5.41, 5.74) is 1.45. The fourth-order valence-electron chi connectivity index (χ4n) is 1.38. The predicted octanol–water partition coefficient (Wildman–Crippen LogP) is 3.27. The Morgan fingerprint density at radius 2 is 2.06 bits per heavy atom. The van der Waals surface area contributed by atoms with Crippen LogP contribution in [0, 0.1) is 11.3 Å². The number of rotatable bonds is 3. The number of nitriles is 1. The number of nitrogens with zero attached hydrogens (tertiary/aromatic N) is 1. The first kappa shape index (κ1) is 12.1. The molecule has 3 nitrogen and oxygen atoms in total. The standard InChI is InChI=1S/C14H10N2OS/c15-10-12-8-9-18-14(12)16-13(17)7-6-11-4-2-1-3-5-11/h1-9H,(H,16,17). The van der Waals surface area contributed by atoms with E-state index in [1.54, 1.807) is 17.5 Å². The minimum atomic E-state index is -0.238. The molecule has 0 aliphatic rings. The van der Waals surface area contributed by atoms with Gasteiger partial charge in [0.15, 0.2) is 0 Å². The number of amides is 1. The first-order valence-electron chi connectivity index (χ1n) is 5.31. The number of anilines is 1. The van der Waals surface area contributed by atoms with Crippen molar-refractivity contribution in [3.05, 3.63) is 59.0 Å². The molecule has 18 heavy (non-hydrogen) atoms. The maximum Gasteiger partial charge on any atom is 0.249 e. The van der Waals surface area contributed by atoms with Gasteiger partial charge < -0.3 is 5.32 Å². The van der Waals surface area contributed by atoms with Gasteiger partial charge in [0.05, 0.1) is 5.56 Å². The summed E-state index contributed by atoms with van der Waals surface area (Å²) < 4.78 is 0. The van der Waals surface area contributed by atoms with Crippen molar-refractivity contribution in [2.45, 2.75) is 0 Å². The number of hydrogen-bond acceptors (Lipinski definition) is 3. The highest BCUT2D eigenvalue weighted by molar-refractivity contribution is 7.14. The number of carbonyl (C=O) groups excluding carboxylic acids is 1. The van der Waals surface area contributed by atoms with Gasteiger partial charge in [0, 0.05) is 6.08 Å². The Balaban J connectivity index is 2.02. The maximum absolute atomic E-state index is 11.7. The van der Waals surface area contributed by atoms with Crippen LogP contribution in [0.1, 0.15) is 11.1 Å². The van der Waals surface area contributed by atoms with Crippen molar-refractivity contribution in [2.75, 3.05) is 5.32 Å². The summed E-state index contributed by atoms with van der Waals surface area (Å²) in [6.07, 6.45) is 3.19. The first-order valence-corrected chi connectivity index (χ1v) is 6.19. The Morgan fingerprint density at radius 1 is 1.28 bits per heavy atom. The Hall–Kier alpha value is -2.38. The van der Waals surface area contributed by atoms with E-state index in [-0.39, 0.29) is 5.91 Å². The molecule has 1 amide bonds. The lowest BCUT2D eigenvalue weighted by Crippen LogP contribution is -2.07. The highest BCUT2D eigenvalue weighted by Gasteiger charge is 2.05. The highest BCUT2D eigenvalue weighted by atomic mass is 32.1. The molecule has 0 atom stereocenters. The monoisotopic (exact) mass is 254 g/mol. The zero-order chi connectivity index (χ0) is 12.8. The van der Waals surface area contributed by atoms with Gasteiger partial charge in [-0.25, -0.2) is 0 Å². The molecular weight excluding hydrogens is 244 g/mol. The third kappa shape index (κ3) is 3.06. The van der Waals surface area contributed by atoms with Crippen LogP contribution in [0.2, 0.25) is 0 Å². The zero-order valence-electron chi connectivity index (χ0n) is 9.46. The molecule has 2 aromatic rings. The van der Waals surface area contributed by atoms with Crippen LogP contribution in [0.5, 0.6) is 0 Å². The lowest BCUT2D eigenvalue weighted by atomic mass is 10.2. The average molecular weight is 254 g/mol. The van der Waals surface area contributed by atoms with E-state index in [0.29, 0.717) is 10.6 Å². The summed E-state index contributed by atoms with van der Waals surface area (Å²) in [5.74, 6) is -0.238. The molecule has 1 aromatic carbocycles. The van der Waals surface area contributed by atoms with Crippen LogP contribution < -0.4 is 5.32 Å². The zero-order valence-corrected chi connectivity index (χ0v) is 10.3. The molecule has 0 aliphatic carbocycles. The van der Waals surface area contributed by atoms with Crippen molar-refractivity contribution in [3.63, 3.8) is 0 Å². The first-order chi connectivity index (χ1) is 8.79. The van der Waals surface area contributed by atoms with Gasteiger partial charge in [0.25, 0.3) is 0 Å². The van der Waals surface area contributed by atoms with Gasteiger partial charge in [-0.3, -0.25) is 4.79 Å². The van der Waals surface area contributed by atoms with Gasteiger partial charge in [-0.2, -0.15) is 5.26 Å². The van der Waals surface area contributed by atoms with Crippen LogP contribution >= 0.6 is 11.3 Å². The number of benzene rings is 1. The van der Waals surface area contributed by atoms with Crippen LogP contribution in [0.15, 0.2) is 47.9 Å². The van der Waals surface area contributed by atoms with Crippen LogP contribution in [0.3, 0.4) is 0 Å². The maximum atomic E-state index is 11.7. The summed E-state index contributed by atoms with van der Waals surface area (Å²) in [5, 5.41) is 13.9. The summed E-state index contributed by atoms with van der Waals surface area (Å²) in [4.78, 5) is 11.7. The van der Waals surface area contributed by atoms with E-state index < -0.39 is 0 Å². The van der Waals surface area contributed by atoms with Crippen LogP contribution in [0.4, 0.5) is 5.00 Å². The van der Waals surface area contributed by atoms with E-state index in [1.807, 2.05) is 36.4 Å². The fourth-order valence-corrected chi connectivity index (χ4v) is 2.12. The Kier molecular flexibility index (Phi) is 3.90. The van der Waals surface area contributed by atoms with Crippen molar-refractivity contribution in [1.82, 2.24) is 0 Å². The molecular formula is C14H10N2OS. The molecule has 0 aliphatic heterocycles. The minimum absolute atomic E-state index is 0.238. The molecule has 0 fully saturated rings. The SMILES string of the molecule is N#Cc1ccsc1NC(=O)C=Cc1ccccc1. The molecule has 2 rings (SSSR count). The molecule has 0 bridgehead atoms. The van der Waals surface area contributed by atoms with Gasteiger partial charge in [0.1, 0.15) is 11.1 Å². The van der Waals surface area contributed by atoms with E-state index in [1.165, 1.54) is 17.4 Å². The van der Waals surface area contributed by atoms with E-state index in [2.05, 4.69) is 5.32 Å². The second kappa shape index (κ2) is 5.80. The second-order valence-electron chi connectivity index (χ2n) is 3.51. The third-order valence-corrected chi connectivity index (χ3v) is 3.08. The van der Waals surface area contributed by atoms with Crippen molar-refractivity contribution in [1.29, 1.82) is 5.26 Å². The van der Waals surface area contributed by atoms with Gasteiger partial charge >= 0.3 is 0 Å². The molecule has 0 saturated carbocycles. The van der Waals surface area contributed by atoms with E-state index in [9.17, 15) is 4.79 Å². The molecule has 0 saturated heterocycles. The van der Waals surface area contributed by atoms with Crippen molar-refractivity contribution in [2.24, 2.45) is 0 Å². The molecule has 1 aromatic heterocycles.